The van der Waals surface area contributed by atoms with Crippen LogP contribution in [0.25, 0.3) is 0 Å². The highest BCUT2D eigenvalue weighted by Gasteiger charge is 2.31. The normalized spacial score (nSPS) is 12.9. The van der Waals surface area contributed by atoms with Gasteiger partial charge in [-0.2, -0.15) is 0 Å². The van der Waals surface area contributed by atoms with Gasteiger partial charge in [0.25, 0.3) is 0 Å². The summed E-state index contributed by atoms with van der Waals surface area (Å²) in [6, 6.07) is 0. The number of aryl methyl sites for hydroxylation is 2. The summed E-state index contributed by atoms with van der Waals surface area (Å²) in [5.74, 6) is 1.10. The molecule has 0 bridgehead atoms. The zero-order valence-corrected chi connectivity index (χ0v) is 14.8. The van der Waals surface area contributed by atoms with E-state index in [9.17, 15) is 8.42 Å². The van der Waals surface area contributed by atoms with E-state index in [1.807, 2.05) is 20.8 Å². The quantitative estimate of drug-likeness (QED) is 0.723. The molecule has 0 aliphatic rings. The zero-order valence-electron chi connectivity index (χ0n) is 14.0. The van der Waals surface area contributed by atoms with Crippen molar-refractivity contribution >= 4 is 10.0 Å². The molecule has 0 saturated carbocycles. The van der Waals surface area contributed by atoms with Crippen LogP contribution in [-0.4, -0.2) is 20.5 Å². The molecule has 0 spiro atoms. The van der Waals surface area contributed by atoms with Crippen molar-refractivity contribution in [3.05, 3.63) is 17.1 Å². The van der Waals surface area contributed by atoms with Crippen LogP contribution in [0.5, 0.6) is 0 Å². The van der Waals surface area contributed by atoms with Gasteiger partial charge in [-0.05, 0) is 47.1 Å². The smallest absolute Gasteiger partial charge is 0.244 e. The Morgan fingerprint density at radius 1 is 1.14 bits per heavy atom. The highest BCUT2D eigenvalue weighted by Crippen LogP contribution is 2.27. The third-order valence-corrected chi connectivity index (χ3v) is 5.51. The van der Waals surface area contributed by atoms with E-state index in [2.05, 4.69) is 17.0 Å². The summed E-state index contributed by atoms with van der Waals surface area (Å²) in [6.07, 6.45) is 1.71. The van der Waals surface area contributed by atoms with Crippen LogP contribution in [0.4, 0.5) is 0 Å². The molecule has 0 aliphatic carbocycles. The summed E-state index contributed by atoms with van der Waals surface area (Å²) < 4.78 is 33.7. The number of sulfonamides is 1. The first-order chi connectivity index (χ1) is 9.64. The number of furan rings is 1. The minimum absolute atomic E-state index is 0.283. The molecule has 5 nitrogen and oxygen atoms in total. The lowest BCUT2D eigenvalue weighted by molar-refractivity contribution is 0.437. The van der Waals surface area contributed by atoms with Gasteiger partial charge < -0.3 is 9.73 Å². The molecule has 0 aromatic carbocycles. The van der Waals surface area contributed by atoms with Gasteiger partial charge in [0.05, 0.1) is 0 Å². The highest BCUT2D eigenvalue weighted by atomic mass is 32.2. The fourth-order valence-electron chi connectivity index (χ4n) is 2.14. The molecule has 0 fully saturated rings. The molecule has 0 atom stereocenters. The largest absolute Gasteiger partial charge is 0.465 e. The van der Waals surface area contributed by atoms with Crippen LogP contribution in [0.1, 0.15) is 57.6 Å². The van der Waals surface area contributed by atoms with Gasteiger partial charge >= 0.3 is 0 Å². The molecule has 2 N–H and O–H groups in total. The SMILES string of the molecule is CCCNCc1c(C)oc(C)c1S(=O)(=O)NC(C)(C)CC. The van der Waals surface area contributed by atoms with Gasteiger partial charge in [-0.1, -0.05) is 13.8 Å². The summed E-state index contributed by atoms with van der Waals surface area (Å²) in [7, 11) is -3.59. The van der Waals surface area contributed by atoms with Crippen LogP contribution in [0.3, 0.4) is 0 Å². The van der Waals surface area contributed by atoms with Crippen LogP contribution in [0.2, 0.25) is 0 Å². The molecule has 0 saturated heterocycles. The summed E-state index contributed by atoms with van der Waals surface area (Å²) in [5.41, 5.74) is 0.241. The fraction of sp³-hybridized carbons (Fsp3) is 0.733. The maximum Gasteiger partial charge on any atom is 0.244 e. The molecule has 0 amide bonds. The van der Waals surface area contributed by atoms with E-state index in [1.165, 1.54) is 0 Å². The lowest BCUT2D eigenvalue weighted by Crippen LogP contribution is -2.43. The predicted molar refractivity (Wildman–Crippen MR) is 84.9 cm³/mol. The summed E-state index contributed by atoms with van der Waals surface area (Å²) >= 11 is 0. The third kappa shape index (κ3) is 4.56. The first kappa shape index (κ1) is 18.2. The molecule has 1 aromatic heterocycles. The van der Waals surface area contributed by atoms with Crippen LogP contribution < -0.4 is 10.0 Å². The molecule has 1 aromatic rings. The van der Waals surface area contributed by atoms with Crippen LogP contribution >= 0.6 is 0 Å². The van der Waals surface area contributed by atoms with Crippen molar-refractivity contribution < 1.29 is 12.8 Å². The molecule has 6 heteroatoms. The summed E-state index contributed by atoms with van der Waals surface area (Å²) in [4.78, 5) is 0.283. The topological polar surface area (TPSA) is 71.3 Å². The minimum Gasteiger partial charge on any atom is -0.465 e. The lowest BCUT2D eigenvalue weighted by atomic mass is 10.0. The van der Waals surface area contributed by atoms with Crippen molar-refractivity contribution in [2.24, 2.45) is 0 Å². The average molecular weight is 316 g/mol. The molecule has 0 radical (unpaired) electrons. The Kier molecular flexibility index (Phi) is 6.01. The highest BCUT2D eigenvalue weighted by molar-refractivity contribution is 7.89. The predicted octanol–water partition coefficient (Wildman–Crippen LogP) is 2.86. The summed E-state index contributed by atoms with van der Waals surface area (Å²) in [6.45, 7) is 12.6. The molecule has 21 heavy (non-hydrogen) atoms. The second kappa shape index (κ2) is 6.94. The molecule has 1 heterocycles. The molecular formula is C15H28N2O3S. The second-order valence-corrected chi connectivity index (χ2v) is 7.66. The first-order valence-electron chi connectivity index (χ1n) is 7.48. The monoisotopic (exact) mass is 316 g/mol. The van der Waals surface area contributed by atoms with Crippen LogP contribution in [0, 0.1) is 13.8 Å². The van der Waals surface area contributed by atoms with Crippen LogP contribution in [0.15, 0.2) is 9.31 Å². The molecule has 0 unspecified atom stereocenters. The Morgan fingerprint density at radius 2 is 1.76 bits per heavy atom. The maximum absolute atomic E-state index is 12.7. The zero-order chi connectivity index (χ0) is 16.3. The third-order valence-electron chi connectivity index (χ3n) is 3.62. The van der Waals surface area contributed by atoms with Crippen molar-refractivity contribution in [2.75, 3.05) is 6.54 Å². The van der Waals surface area contributed by atoms with Gasteiger partial charge in [0.2, 0.25) is 10.0 Å². The van der Waals surface area contributed by atoms with E-state index in [1.54, 1.807) is 13.8 Å². The fourth-order valence-corrected chi connectivity index (χ4v) is 4.08. The van der Waals surface area contributed by atoms with Gasteiger partial charge in [0.15, 0.2) is 0 Å². The molecule has 0 aliphatic heterocycles. The molecular weight excluding hydrogens is 288 g/mol. The Balaban J connectivity index is 3.16. The van der Waals surface area contributed by atoms with Gasteiger partial charge in [-0.25, -0.2) is 13.1 Å². The van der Waals surface area contributed by atoms with Gasteiger partial charge in [-0.3, -0.25) is 0 Å². The number of hydrogen-bond acceptors (Lipinski definition) is 4. The van der Waals surface area contributed by atoms with Crippen molar-refractivity contribution in [3.8, 4) is 0 Å². The van der Waals surface area contributed by atoms with Crippen molar-refractivity contribution in [3.63, 3.8) is 0 Å². The van der Waals surface area contributed by atoms with Crippen LogP contribution in [-0.2, 0) is 16.6 Å². The van der Waals surface area contributed by atoms with E-state index in [0.29, 0.717) is 24.5 Å². The van der Waals surface area contributed by atoms with Gasteiger partial charge in [0, 0.05) is 17.6 Å². The van der Waals surface area contributed by atoms with E-state index in [-0.39, 0.29) is 4.90 Å². The Morgan fingerprint density at radius 3 is 2.29 bits per heavy atom. The van der Waals surface area contributed by atoms with E-state index >= 15 is 0 Å². The number of hydrogen-bond donors (Lipinski definition) is 2. The Labute approximate surface area is 128 Å². The molecule has 1 rings (SSSR count). The lowest BCUT2D eigenvalue weighted by Gasteiger charge is -2.24. The minimum atomic E-state index is -3.59. The Bertz CT molecular complexity index is 574. The summed E-state index contributed by atoms with van der Waals surface area (Å²) in [5, 5.41) is 3.24. The standard InChI is InChI=1S/C15H28N2O3S/c1-7-9-16-10-13-11(3)20-12(4)14(13)21(18,19)17-15(5,6)8-2/h16-17H,7-10H2,1-6H3. The second-order valence-electron chi connectivity index (χ2n) is 6.04. The van der Waals surface area contributed by atoms with Crippen molar-refractivity contribution in [1.29, 1.82) is 0 Å². The Hall–Kier alpha value is -0.850. The maximum atomic E-state index is 12.7. The van der Waals surface area contributed by atoms with E-state index in [4.69, 9.17) is 4.42 Å². The van der Waals surface area contributed by atoms with Gasteiger partial charge in [0.1, 0.15) is 16.4 Å². The van der Waals surface area contributed by atoms with E-state index in [0.717, 1.165) is 18.5 Å². The van der Waals surface area contributed by atoms with E-state index < -0.39 is 15.6 Å². The number of rotatable bonds is 8. The van der Waals surface area contributed by atoms with Crippen molar-refractivity contribution in [2.45, 2.75) is 71.4 Å². The number of nitrogens with one attached hydrogen (secondary N) is 2. The van der Waals surface area contributed by atoms with Crippen molar-refractivity contribution in [1.82, 2.24) is 10.0 Å². The van der Waals surface area contributed by atoms with Gasteiger partial charge in [-0.15, -0.1) is 0 Å². The molecule has 122 valence electrons. The first-order valence-corrected chi connectivity index (χ1v) is 8.96. The average Bonchev–Trinajstić information content (AvgIpc) is 2.64.